The molecule has 7 heteroatoms. The lowest BCUT2D eigenvalue weighted by molar-refractivity contribution is 1.85. The van der Waals surface area contributed by atoms with Crippen molar-refractivity contribution in [2.75, 3.05) is 0 Å². The molecule has 0 spiro atoms. The van der Waals surface area contributed by atoms with Gasteiger partial charge in [0.15, 0.2) is 0 Å². The summed E-state index contributed by atoms with van der Waals surface area (Å²) >= 11 is 12.7. The van der Waals surface area contributed by atoms with Crippen molar-refractivity contribution in [2.45, 2.75) is 0 Å². The van der Waals surface area contributed by atoms with Gasteiger partial charge in [0.1, 0.15) is 0 Å². The molecule has 3 aliphatic heterocycles. The minimum Gasteiger partial charge on any atom is -0.136 e. The molecule has 0 N–H and O–H groups in total. The van der Waals surface area contributed by atoms with Crippen LogP contribution in [0, 0.1) is 0 Å². The van der Waals surface area contributed by atoms with Gasteiger partial charge in [-0.25, -0.2) is 0 Å². The summed E-state index contributed by atoms with van der Waals surface area (Å²) in [6, 6.07) is 4.49. The van der Waals surface area contributed by atoms with Gasteiger partial charge in [0, 0.05) is 19.6 Å². The zero-order chi connectivity index (χ0) is 15.5. The Hall–Kier alpha value is 0.240. The van der Waals surface area contributed by atoms with Crippen LogP contribution in [0.3, 0.4) is 0 Å². The van der Waals surface area contributed by atoms with Crippen LogP contribution in [0.15, 0.2) is 63.4 Å². The molecule has 116 valence electrons. The first-order valence-electron chi connectivity index (χ1n) is 6.61. The fraction of sp³-hybridized carbons (Fsp3) is 0. The van der Waals surface area contributed by atoms with Crippen molar-refractivity contribution in [3.63, 3.8) is 0 Å². The monoisotopic (exact) mass is 426 g/mol. The quantitative estimate of drug-likeness (QED) is 0.472. The van der Waals surface area contributed by atoms with Crippen LogP contribution >= 0.6 is 81.9 Å². The van der Waals surface area contributed by atoms with Gasteiger partial charge in [0.25, 0.3) is 0 Å². The van der Waals surface area contributed by atoms with E-state index in [-0.39, 0.29) is 0 Å². The summed E-state index contributed by atoms with van der Waals surface area (Å²) in [6.07, 6.45) is 4.62. The Morgan fingerprint density at radius 2 is 1.30 bits per heavy atom. The number of hydrogen-bond donors (Lipinski definition) is 0. The van der Waals surface area contributed by atoms with E-state index in [1.807, 2.05) is 34.9 Å². The molecule has 0 bridgehead atoms. The fourth-order valence-electron chi connectivity index (χ4n) is 1.94. The van der Waals surface area contributed by atoms with Crippen molar-refractivity contribution in [1.29, 1.82) is 0 Å². The molecule has 1 aromatic rings. The maximum absolute atomic E-state index is 2.33. The minimum absolute atomic E-state index is 1.32. The van der Waals surface area contributed by atoms with Crippen molar-refractivity contribution >= 4 is 93.6 Å². The van der Waals surface area contributed by atoms with E-state index in [0.717, 1.165) is 0 Å². The summed E-state index contributed by atoms with van der Waals surface area (Å²) in [4.78, 5) is 2.66. The van der Waals surface area contributed by atoms with Gasteiger partial charge in [-0.2, -0.15) is 0 Å². The highest BCUT2D eigenvalue weighted by molar-refractivity contribution is 8.28. The van der Waals surface area contributed by atoms with Crippen molar-refractivity contribution in [3.8, 4) is 0 Å². The predicted octanol–water partition coefficient (Wildman–Crippen LogP) is 8.41. The summed E-state index contributed by atoms with van der Waals surface area (Å²) in [5.41, 5.74) is 1.35. The van der Waals surface area contributed by atoms with Crippen LogP contribution in [0.2, 0.25) is 0 Å². The lowest BCUT2D eigenvalue weighted by Gasteiger charge is -2.05. The summed E-state index contributed by atoms with van der Waals surface area (Å²) in [5.74, 6) is 0. The number of thiophene rings is 1. The Balaban J connectivity index is 1.64. The minimum atomic E-state index is 1.32. The van der Waals surface area contributed by atoms with Crippen molar-refractivity contribution in [1.82, 2.24) is 0 Å². The Bertz CT molecular complexity index is 759. The SMILES string of the molecule is C1=CSC(=CC(=C2SC=CS2)c2ccc(C=C3SC=CS3)s2)S1. The van der Waals surface area contributed by atoms with Crippen molar-refractivity contribution in [2.24, 2.45) is 0 Å². The molecule has 4 rings (SSSR count). The molecule has 0 aliphatic carbocycles. The molecular formula is C16H10S7. The molecule has 0 nitrogen and oxygen atoms in total. The average molecular weight is 427 g/mol. The lowest BCUT2D eigenvalue weighted by atomic mass is 10.2. The highest BCUT2D eigenvalue weighted by Crippen LogP contribution is 2.48. The molecule has 23 heavy (non-hydrogen) atoms. The van der Waals surface area contributed by atoms with Crippen molar-refractivity contribution in [3.05, 3.63) is 73.1 Å². The molecule has 0 saturated heterocycles. The topological polar surface area (TPSA) is 0 Å². The van der Waals surface area contributed by atoms with Crippen LogP contribution in [0.4, 0.5) is 0 Å². The maximum atomic E-state index is 2.33. The smallest absolute Gasteiger partial charge is 0.0574 e. The van der Waals surface area contributed by atoms with E-state index in [4.69, 9.17) is 0 Å². The second-order valence-corrected chi connectivity index (χ2v) is 11.9. The van der Waals surface area contributed by atoms with Gasteiger partial charge in [-0.3, -0.25) is 0 Å². The Morgan fingerprint density at radius 1 is 0.696 bits per heavy atom. The van der Waals surface area contributed by atoms with E-state index in [1.165, 1.54) is 28.0 Å². The first kappa shape index (κ1) is 16.7. The largest absolute Gasteiger partial charge is 0.136 e. The standard InChI is InChI=1S/C16H10S7/c1-2-13(23-11(1)9-14-17-3-4-18-14)12(16-21-7-8-22-16)10-15-19-5-6-20-15/h1-10H. The first-order chi connectivity index (χ1) is 11.4. The highest BCUT2D eigenvalue weighted by atomic mass is 32.2. The molecule has 0 saturated carbocycles. The molecule has 0 atom stereocenters. The van der Waals surface area contributed by atoms with Gasteiger partial charge in [-0.1, -0.05) is 70.6 Å². The van der Waals surface area contributed by atoms with Gasteiger partial charge in [-0.05, 0) is 56.7 Å². The van der Waals surface area contributed by atoms with Crippen LogP contribution in [0.25, 0.3) is 11.6 Å². The van der Waals surface area contributed by atoms with E-state index >= 15 is 0 Å². The van der Waals surface area contributed by atoms with Crippen LogP contribution in [0.1, 0.15) is 9.75 Å². The molecule has 4 heterocycles. The third kappa shape index (κ3) is 4.26. The molecule has 0 amide bonds. The van der Waals surface area contributed by atoms with Gasteiger partial charge in [-0.15, -0.1) is 11.3 Å². The normalized spacial score (nSPS) is 19.2. The first-order valence-corrected chi connectivity index (χ1v) is 12.7. The number of rotatable bonds is 3. The number of thioether (sulfide) groups is 6. The average Bonchev–Trinajstić information content (AvgIpc) is 3.34. The number of allylic oxidation sites excluding steroid dienone is 2. The molecule has 0 fully saturated rings. The molecule has 0 radical (unpaired) electrons. The molecule has 1 aromatic heterocycles. The van der Waals surface area contributed by atoms with E-state index in [0.29, 0.717) is 0 Å². The van der Waals surface area contributed by atoms with E-state index in [9.17, 15) is 0 Å². The summed E-state index contributed by atoms with van der Waals surface area (Å²) in [6.45, 7) is 0. The zero-order valence-corrected chi connectivity index (χ0v) is 17.3. The van der Waals surface area contributed by atoms with Crippen LogP contribution in [0.5, 0.6) is 0 Å². The third-order valence-electron chi connectivity index (χ3n) is 2.89. The molecular weight excluding hydrogens is 417 g/mol. The summed E-state index contributed by atoms with van der Waals surface area (Å²) in [7, 11) is 0. The maximum Gasteiger partial charge on any atom is 0.0574 e. The molecule has 3 aliphatic rings. The lowest BCUT2D eigenvalue weighted by Crippen LogP contribution is -1.78. The van der Waals surface area contributed by atoms with Crippen molar-refractivity contribution < 1.29 is 0 Å². The zero-order valence-electron chi connectivity index (χ0n) is 11.6. The van der Waals surface area contributed by atoms with Gasteiger partial charge < -0.3 is 0 Å². The van der Waals surface area contributed by atoms with Gasteiger partial charge in [0.05, 0.1) is 8.47 Å². The van der Waals surface area contributed by atoms with Crippen LogP contribution in [-0.4, -0.2) is 0 Å². The molecule has 0 unspecified atom stereocenters. The Morgan fingerprint density at radius 3 is 2.00 bits per heavy atom. The Labute approximate surface area is 165 Å². The van der Waals surface area contributed by atoms with E-state index in [1.54, 1.807) is 47.0 Å². The predicted molar refractivity (Wildman–Crippen MR) is 120 cm³/mol. The second kappa shape index (κ2) is 8.08. The van der Waals surface area contributed by atoms with E-state index < -0.39 is 0 Å². The number of hydrogen-bond acceptors (Lipinski definition) is 7. The van der Waals surface area contributed by atoms with Crippen LogP contribution < -0.4 is 0 Å². The van der Waals surface area contributed by atoms with Crippen LogP contribution in [-0.2, 0) is 0 Å². The van der Waals surface area contributed by atoms with E-state index in [2.05, 4.69) is 56.7 Å². The summed E-state index contributed by atoms with van der Waals surface area (Å²) in [5, 5.41) is 12.9. The van der Waals surface area contributed by atoms with Gasteiger partial charge in [0.2, 0.25) is 0 Å². The third-order valence-corrected chi connectivity index (χ3v) is 10.1. The fourth-order valence-corrected chi connectivity index (χ4v) is 8.33. The highest BCUT2D eigenvalue weighted by Gasteiger charge is 2.15. The van der Waals surface area contributed by atoms with Gasteiger partial charge >= 0.3 is 0 Å². The molecule has 0 aromatic carbocycles. The summed E-state index contributed by atoms with van der Waals surface area (Å²) < 4.78 is 4.07. The Kier molecular flexibility index (Phi) is 5.86. The second-order valence-electron chi connectivity index (χ2n) is 4.35.